The van der Waals surface area contributed by atoms with Gasteiger partial charge in [-0.3, -0.25) is 9.79 Å². The number of fused-ring (bicyclic) bond motifs is 1. The van der Waals surface area contributed by atoms with Gasteiger partial charge >= 0.3 is 6.01 Å². The molecule has 1 saturated carbocycles. The molecule has 1 N–H and O–H groups in total. The SMILES string of the molecule is O=C1Cc2ccccc2C(c2ccccc2)=N[C@@H]1Nc1nnc(-c2ncc(C3CCCCC3)cc2N2CCOCC2)o1. The number of pyridine rings is 1. The summed E-state index contributed by atoms with van der Waals surface area (Å²) in [6.45, 7) is 2.88. The second-order valence-corrected chi connectivity index (χ2v) is 11.2. The molecular weight excluding hydrogens is 528 g/mol. The van der Waals surface area contributed by atoms with E-state index in [1.165, 1.54) is 37.7 Å². The van der Waals surface area contributed by atoms with Crippen molar-refractivity contribution in [2.24, 2.45) is 4.99 Å². The Hall–Kier alpha value is -4.37. The Morgan fingerprint density at radius 3 is 2.52 bits per heavy atom. The summed E-state index contributed by atoms with van der Waals surface area (Å²) in [5.74, 6) is 0.768. The molecule has 3 aliphatic rings. The second-order valence-electron chi connectivity index (χ2n) is 11.2. The Labute approximate surface area is 245 Å². The molecule has 0 spiro atoms. The molecule has 9 heteroatoms. The smallest absolute Gasteiger partial charge is 0.317 e. The van der Waals surface area contributed by atoms with Crippen molar-refractivity contribution in [1.82, 2.24) is 15.2 Å². The molecule has 4 heterocycles. The Morgan fingerprint density at radius 1 is 0.905 bits per heavy atom. The fourth-order valence-corrected chi connectivity index (χ4v) is 6.23. The molecule has 2 aliphatic heterocycles. The van der Waals surface area contributed by atoms with E-state index in [0.29, 0.717) is 30.7 Å². The number of anilines is 2. The van der Waals surface area contributed by atoms with Crippen LogP contribution in [-0.2, 0) is 16.0 Å². The van der Waals surface area contributed by atoms with Gasteiger partial charge in [-0.2, -0.15) is 0 Å². The van der Waals surface area contributed by atoms with Gasteiger partial charge in [-0.25, -0.2) is 4.98 Å². The van der Waals surface area contributed by atoms with E-state index in [-0.39, 0.29) is 18.2 Å². The Morgan fingerprint density at radius 2 is 1.69 bits per heavy atom. The number of hydrogen-bond donors (Lipinski definition) is 1. The van der Waals surface area contributed by atoms with Crippen molar-refractivity contribution in [3.8, 4) is 11.6 Å². The summed E-state index contributed by atoms with van der Waals surface area (Å²) >= 11 is 0. The van der Waals surface area contributed by atoms with Crippen molar-refractivity contribution < 1.29 is 13.9 Å². The normalized spacial score (nSPS) is 19.6. The Kier molecular flexibility index (Phi) is 7.49. The third-order valence-corrected chi connectivity index (χ3v) is 8.45. The van der Waals surface area contributed by atoms with E-state index in [0.717, 1.165) is 41.2 Å². The van der Waals surface area contributed by atoms with Gasteiger partial charge < -0.3 is 19.4 Å². The van der Waals surface area contributed by atoms with Crippen LogP contribution in [0.15, 0.2) is 76.3 Å². The zero-order valence-corrected chi connectivity index (χ0v) is 23.5. The van der Waals surface area contributed by atoms with E-state index in [9.17, 15) is 4.79 Å². The van der Waals surface area contributed by atoms with Gasteiger partial charge in [-0.05, 0) is 36.0 Å². The van der Waals surface area contributed by atoms with Crippen LogP contribution in [0.3, 0.4) is 0 Å². The van der Waals surface area contributed by atoms with Gasteiger partial charge in [-0.1, -0.05) is 79.0 Å². The predicted octanol–water partition coefficient (Wildman–Crippen LogP) is 5.42. The van der Waals surface area contributed by atoms with Crippen molar-refractivity contribution in [3.05, 3.63) is 89.1 Å². The first-order valence-corrected chi connectivity index (χ1v) is 14.9. The maximum atomic E-state index is 13.4. The average molecular weight is 563 g/mol. The molecule has 0 unspecified atom stereocenters. The first kappa shape index (κ1) is 26.5. The van der Waals surface area contributed by atoms with Crippen LogP contribution in [0.5, 0.6) is 0 Å². The van der Waals surface area contributed by atoms with Crippen LogP contribution < -0.4 is 10.2 Å². The monoisotopic (exact) mass is 562 g/mol. The highest BCUT2D eigenvalue weighted by Gasteiger charge is 2.28. The molecule has 1 aliphatic carbocycles. The van der Waals surface area contributed by atoms with Crippen LogP contribution in [0.25, 0.3) is 11.6 Å². The van der Waals surface area contributed by atoms with Gasteiger partial charge in [0.15, 0.2) is 17.6 Å². The maximum Gasteiger partial charge on any atom is 0.317 e. The molecule has 7 rings (SSSR count). The molecule has 0 radical (unpaired) electrons. The zero-order chi connectivity index (χ0) is 28.3. The number of Topliss-reactive ketones (excluding diaryl/α,β-unsaturated/α-hetero) is 1. The molecule has 0 amide bonds. The van der Waals surface area contributed by atoms with Gasteiger partial charge in [0.25, 0.3) is 5.89 Å². The molecule has 9 nitrogen and oxygen atoms in total. The molecule has 1 saturated heterocycles. The number of aliphatic imine (C=N–C) groups is 1. The highest BCUT2D eigenvalue weighted by molar-refractivity contribution is 6.16. The highest BCUT2D eigenvalue weighted by Crippen LogP contribution is 2.37. The molecule has 1 atom stereocenters. The van der Waals surface area contributed by atoms with Gasteiger partial charge in [-0.15, -0.1) is 5.10 Å². The number of hydrogen-bond acceptors (Lipinski definition) is 9. The van der Waals surface area contributed by atoms with E-state index in [4.69, 9.17) is 19.1 Å². The van der Waals surface area contributed by atoms with Gasteiger partial charge in [0.1, 0.15) is 0 Å². The molecule has 0 bridgehead atoms. The number of carbonyl (C=O) groups excluding carboxylic acids is 1. The van der Waals surface area contributed by atoms with Crippen LogP contribution in [-0.4, -0.2) is 59.1 Å². The quantitative estimate of drug-likeness (QED) is 0.332. The van der Waals surface area contributed by atoms with Crippen molar-refractivity contribution in [3.63, 3.8) is 0 Å². The lowest BCUT2D eigenvalue weighted by Gasteiger charge is -2.31. The summed E-state index contributed by atoms with van der Waals surface area (Å²) in [4.78, 5) is 25.4. The second kappa shape index (κ2) is 11.9. The van der Waals surface area contributed by atoms with Crippen molar-refractivity contribution in [2.45, 2.75) is 50.6 Å². The summed E-state index contributed by atoms with van der Waals surface area (Å²) in [7, 11) is 0. The average Bonchev–Trinajstić information content (AvgIpc) is 3.47. The van der Waals surface area contributed by atoms with E-state index in [1.54, 1.807) is 0 Å². The summed E-state index contributed by atoms with van der Waals surface area (Å²) in [6, 6.07) is 20.2. The standard InChI is InChI=1S/C33H34N6O3/c40-28-20-24-13-7-8-14-26(24)29(23-11-5-2-6-12-23)35-31(28)36-33-38-37-32(42-33)30-27(39-15-17-41-18-16-39)19-25(21-34-30)22-9-3-1-4-10-22/h2,5-8,11-14,19,21-22,31H,1,3-4,9-10,15-18,20H2,(H,36,38)/t31-/m1/s1. The van der Waals surface area contributed by atoms with Crippen LogP contribution >= 0.6 is 0 Å². The third-order valence-electron chi connectivity index (χ3n) is 8.45. The number of ether oxygens (including phenoxy) is 1. The molecule has 214 valence electrons. The van der Waals surface area contributed by atoms with E-state index in [2.05, 4.69) is 26.5 Å². The third kappa shape index (κ3) is 5.44. The van der Waals surface area contributed by atoms with Crippen LogP contribution in [0.1, 0.15) is 60.3 Å². The first-order chi connectivity index (χ1) is 20.7. The van der Waals surface area contributed by atoms with E-state index in [1.807, 2.05) is 60.8 Å². The number of nitrogens with one attached hydrogen (secondary N) is 1. The largest absolute Gasteiger partial charge is 0.402 e. The molecular formula is C33H34N6O3. The fourth-order valence-electron chi connectivity index (χ4n) is 6.23. The molecule has 4 aromatic rings. The van der Waals surface area contributed by atoms with Gasteiger partial charge in [0.2, 0.25) is 0 Å². The lowest BCUT2D eigenvalue weighted by Crippen LogP contribution is -2.36. The lowest BCUT2D eigenvalue weighted by atomic mass is 9.84. The zero-order valence-electron chi connectivity index (χ0n) is 23.5. The van der Waals surface area contributed by atoms with E-state index < -0.39 is 6.17 Å². The van der Waals surface area contributed by atoms with Crippen LogP contribution in [0.4, 0.5) is 11.7 Å². The van der Waals surface area contributed by atoms with Crippen molar-refractivity contribution >= 4 is 23.2 Å². The van der Waals surface area contributed by atoms with Crippen LogP contribution in [0, 0.1) is 0 Å². The first-order valence-electron chi connectivity index (χ1n) is 14.9. The Balaban J connectivity index is 1.20. The molecule has 2 fully saturated rings. The number of aromatic nitrogens is 3. The lowest BCUT2D eigenvalue weighted by molar-refractivity contribution is -0.119. The summed E-state index contributed by atoms with van der Waals surface area (Å²) < 4.78 is 11.7. The van der Waals surface area contributed by atoms with E-state index >= 15 is 0 Å². The number of carbonyl (C=O) groups is 1. The summed E-state index contributed by atoms with van der Waals surface area (Å²) in [6.07, 6.45) is 7.57. The molecule has 42 heavy (non-hydrogen) atoms. The molecule has 2 aromatic heterocycles. The van der Waals surface area contributed by atoms with Crippen LogP contribution in [0.2, 0.25) is 0 Å². The van der Waals surface area contributed by atoms with Crippen molar-refractivity contribution in [2.75, 3.05) is 36.5 Å². The Bertz CT molecular complexity index is 1590. The minimum absolute atomic E-state index is 0.0721. The number of rotatable bonds is 6. The van der Waals surface area contributed by atoms with Gasteiger partial charge in [0.05, 0.1) is 24.6 Å². The number of benzene rings is 2. The molecule has 2 aromatic carbocycles. The number of morpholine rings is 1. The number of ketones is 1. The summed E-state index contributed by atoms with van der Waals surface area (Å²) in [5.41, 5.74) is 6.48. The highest BCUT2D eigenvalue weighted by atomic mass is 16.5. The maximum absolute atomic E-state index is 13.4. The topological polar surface area (TPSA) is 106 Å². The minimum Gasteiger partial charge on any atom is -0.402 e. The van der Waals surface area contributed by atoms with Gasteiger partial charge in [0, 0.05) is 36.8 Å². The predicted molar refractivity (Wildman–Crippen MR) is 161 cm³/mol. The minimum atomic E-state index is -0.874. The number of nitrogens with zero attached hydrogens (tertiary/aromatic N) is 5. The summed E-state index contributed by atoms with van der Waals surface area (Å²) in [5, 5.41) is 11.7. The van der Waals surface area contributed by atoms with Crippen molar-refractivity contribution in [1.29, 1.82) is 0 Å². The fraction of sp³-hybridized carbons (Fsp3) is 0.364.